The summed E-state index contributed by atoms with van der Waals surface area (Å²) in [5, 5.41) is 23.7. The number of methoxy groups -OCH3 is 1. The van der Waals surface area contributed by atoms with E-state index in [-0.39, 0.29) is 17.4 Å². The van der Waals surface area contributed by atoms with E-state index in [2.05, 4.69) is 25.5 Å². The van der Waals surface area contributed by atoms with Crippen molar-refractivity contribution in [3.63, 3.8) is 0 Å². The summed E-state index contributed by atoms with van der Waals surface area (Å²) in [6.45, 7) is 3.94. The molecule has 0 aliphatic carbocycles. The summed E-state index contributed by atoms with van der Waals surface area (Å²) in [6.07, 6.45) is 7.46. The van der Waals surface area contributed by atoms with E-state index in [0.717, 1.165) is 32.3 Å². The highest BCUT2D eigenvalue weighted by Crippen LogP contribution is 2.20. The van der Waals surface area contributed by atoms with Crippen LogP contribution >= 0.6 is 0 Å². The van der Waals surface area contributed by atoms with Crippen molar-refractivity contribution in [1.82, 2.24) is 20.2 Å². The minimum absolute atomic E-state index is 0.177. The first-order chi connectivity index (χ1) is 15.1. The molecular weight excluding hydrogens is 396 g/mol. The summed E-state index contributed by atoms with van der Waals surface area (Å²) < 4.78 is 5.08. The van der Waals surface area contributed by atoms with Crippen LogP contribution in [0.2, 0.25) is 0 Å². The number of nitrogens with zero attached hydrogens (tertiary/aromatic N) is 3. The molecule has 164 valence electrons. The van der Waals surface area contributed by atoms with Crippen LogP contribution in [0.15, 0.2) is 42.5 Å². The first-order valence-electron chi connectivity index (χ1n) is 10.3. The van der Waals surface area contributed by atoms with Crippen LogP contribution in [0.3, 0.4) is 0 Å². The average molecular weight is 425 g/mol. The minimum atomic E-state index is -0.241. The third-order valence-electron chi connectivity index (χ3n) is 5.06. The lowest BCUT2D eigenvalue weighted by Crippen LogP contribution is -2.28. The molecule has 2 aromatic rings. The number of nitrogens with one attached hydrogen (secondary N) is 3. The summed E-state index contributed by atoms with van der Waals surface area (Å²) >= 11 is 0. The first kappa shape index (κ1) is 22.2. The maximum Gasteiger partial charge on any atom is 0.252 e. The molecule has 1 amide bonds. The van der Waals surface area contributed by atoms with Gasteiger partial charge in [-0.1, -0.05) is 0 Å². The maximum atomic E-state index is 12.3. The van der Waals surface area contributed by atoms with Gasteiger partial charge in [0.2, 0.25) is 5.88 Å². The van der Waals surface area contributed by atoms with Gasteiger partial charge in [0.15, 0.2) is 5.88 Å². The van der Waals surface area contributed by atoms with Crippen molar-refractivity contribution in [2.45, 2.75) is 19.3 Å². The number of ether oxygens (including phenoxy) is 1. The van der Waals surface area contributed by atoms with Gasteiger partial charge in [0, 0.05) is 31.2 Å². The van der Waals surface area contributed by atoms with Crippen LogP contribution in [0.5, 0.6) is 5.88 Å². The summed E-state index contributed by atoms with van der Waals surface area (Å²) in [4.78, 5) is 22.9. The van der Waals surface area contributed by atoms with E-state index in [0.29, 0.717) is 29.4 Å². The molecule has 3 rings (SSSR count). The van der Waals surface area contributed by atoms with Crippen LogP contribution in [0.1, 0.15) is 35.2 Å². The van der Waals surface area contributed by atoms with E-state index < -0.39 is 0 Å². The zero-order chi connectivity index (χ0) is 22.1. The highest BCUT2D eigenvalue weighted by molar-refractivity contribution is 6.09. The average Bonchev–Trinajstić information content (AvgIpc) is 3.31. The van der Waals surface area contributed by atoms with Gasteiger partial charge in [-0.15, -0.1) is 0 Å². The number of aliphatic hydroxyl groups excluding tert-OH is 1. The van der Waals surface area contributed by atoms with Crippen molar-refractivity contribution < 1.29 is 14.6 Å². The largest absolute Gasteiger partial charge is 0.494 e. The predicted molar refractivity (Wildman–Crippen MR) is 120 cm³/mol. The SMILES string of the molecule is COc1cc(/C(C=N)=C(\O)Nc2ccc(C(=O)NCCCN3CCCC3)cn2)ccn1. The van der Waals surface area contributed by atoms with Crippen molar-refractivity contribution in [3.05, 3.63) is 53.7 Å². The molecule has 0 saturated carbocycles. The van der Waals surface area contributed by atoms with Crippen molar-refractivity contribution in [1.29, 1.82) is 5.41 Å². The van der Waals surface area contributed by atoms with Crippen LogP contribution < -0.4 is 15.4 Å². The molecule has 3 heterocycles. The van der Waals surface area contributed by atoms with Crippen LogP contribution in [0.25, 0.3) is 5.57 Å². The normalized spacial score (nSPS) is 14.6. The summed E-state index contributed by atoms with van der Waals surface area (Å²) in [5.41, 5.74) is 1.26. The smallest absolute Gasteiger partial charge is 0.252 e. The van der Waals surface area contributed by atoms with Gasteiger partial charge in [-0.3, -0.25) is 4.79 Å². The Morgan fingerprint density at radius 1 is 1.26 bits per heavy atom. The Morgan fingerprint density at radius 3 is 2.74 bits per heavy atom. The molecule has 2 aromatic heterocycles. The number of rotatable bonds is 10. The molecule has 0 atom stereocenters. The number of likely N-dealkylation sites (tertiary alicyclic amines) is 1. The Morgan fingerprint density at radius 2 is 2.06 bits per heavy atom. The minimum Gasteiger partial charge on any atom is -0.494 e. The zero-order valence-corrected chi connectivity index (χ0v) is 17.6. The number of hydrogen-bond donors (Lipinski definition) is 4. The molecule has 0 aromatic carbocycles. The van der Waals surface area contributed by atoms with Crippen molar-refractivity contribution in [2.24, 2.45) is 0 Å². The fraction of sp³-hybridized carbons (Fsp3) is 0.364. The lowest BCUT2D eigenvalue weighted by atomic mass is 10.1. The summed E-state index contributed by atoms with van der Waals surface area (Å²) in [5.74, 6) is 0.307. The molecule has 1 fully saturated rings. The van der Waals surface area contributed by atoms with Gasteiger partial charge in [0.1, 0.15) is 5.82 Å². The van der Waals surface area contributed by atoms with E-state index >= 15 is 0 Å². The zero-order valence-electron chi connectivity index (χ0n) is 17.6. The highest BCUT2D eigenvalue weighted by Gasteiger charge is 2.12. The number of aliphatic hydroxyl groups is 1. The summed E-state index contributed by atoms with van der Waals surface area (Å²) in [7, 11) is 1.49. The number of aromatic nitrogens is 2. The molecule has 1 aliphatic rings. The van der Waals surface area contributed by atoms with E-state index in [1.54, 1.807) is 24.3 Å². The van der Waals surface area contributed by atoms with Crippen molar-refractivity contribution in [3.8, 4) is 5.88 Å². The first-order valence-corrected chi connectivity index (χ1v) is 10.3. The van der Waals surface area contributed by atoms with E-state index in [4.69, 9.17) is 10.1 Å². The lowest BCUT2D eigenvalue weighted by Gasteiger charge is -2.14. The van der Waals surface area contributed by atoms with Gasteiger partial charge in [0.05, 0.1) is 18.2 Å². The quantitative estimate of drug-likeness (QED) is 0.263. The van der Waals surface area contributed by atoms with Gasteiger partial charge in [-0.2, -0.15) is 0 Å². The van der Waals surface area contributed by atoms with Crippen LogP contribution in [0.4, 0.5) is 5.82 Å². The van der Waals surface area contributed by atoms with Gasteiger partial charge < -0.3 is 30.8 Å². The molecule has 31 heavy (non-hydrogen) atoms. The second kappa shape index (κ2) is 11.1. The number of carbonyl (C=O) groups excluding carboxylic acids is 1. The topological polar surface area (TPSA) is 123 Å². The van der Waals surface area contributed by atoms with Crippen molar-refractivity contribution >= 4 is 23.5 Å². The number of amides is 1. The fourth-order valence-corrected chi connectivity index (χ4v) is 3.38. The van der Waals surface area contributed by atoms with Crippen LogP contribution in [-0.4, -0.2) is 65.4 Å². The van der Waals surface area contributed by atoms with E-state index in [1.807, 2.05) is 0 Å². The number of allylic oxidation sites excluding steroid dienone is 1. The molecule has 9 nitrogen and oxygen atoms in total. The summed E-state index contributed by atoms with van der Waals surface area (Å²) in [6, 6.07) is 6.51. The predicted octanol–water partition coefficient (Wildman–Crippen LogP) is 2.69. The third-order valence-corrected chi connectivity index (χ3v) is 5.06. The second-order valence-corrected chi connectivity index (χ2v) is 7.21. The highest BCUT2D eigenvalue weighted by atomic mass is 16.5. The Kier molecular flexibility index (Phi) is 7.94. The van der Waals surface area contributed by atoms with Crippen LogP contribution in [-0.2, 0) is 0 Å². The monoisotopic (exact) mass is 424 g/mol. The number of pyridine rings is 2. The van der Waals surface area contributed by atoms with E-state index in [1.165, 1.54) is 32.3 Å². The Labute approximate surface area is 181 Å². The number of hydrogen-bond acceptors (Lipinski definition) is 8. The van der Waals surface area contributed by atoms with Gasteiger partial charge in [-0.05, 0) is 62.7 Å². The van der Waals surface area contributed by atoms with Gasteiger partial charge in [-0.25, -0.2) is 9.97 Å². The standard InChI is InChI=1S/C22H28N6O3/c1-31-20-13-16(7-9-24-20)18(14-23)22(30)27-19-6-5-17(15-26-19)21(29)25-8-4-12-28-10-2-3-11-28/h5-7,9,13-15,23,30H,2-4,8,10-12H2,1H3,(H,25,29)(H,26,27)/b22-18-,23-14?. The molecule has 1 saturated heterocycles. The molecule has 0 bridgehead atoms. The number of carbonyl (C=O) groups is 1. The molecule has 0 spiro atoms. The van der Waals surface area contributed by atoms with Crippen LogP contribution in [0, 0.1) is 5.41 Å². The molecule has 9 heteroatoms. The van der Waals surface area contributed by atoms with E-state index in [9.17, 15) is 9.90 Å². The molecule has 0 unspecified atom stereocenters. The number of anilines is 1. The molecule has 0 radical (unpaired) electrons. The lowest BCUT2D eigenvalue weighted by molar-refractivity contribution is 0.0951. The Hall–Kier alpha value is -3.46. The maximum absolute atomic E-state index is 12.3. The molecular formula is C22H28N6O3. The Bertz CT molecular complexity index is 923. The molecule has 4 N–H and O–H groups in total. The fourth-order valence-electron chi connectivity index (χ4n) is 3.38. The second-order valence-electron chi connectivity index (χ2n) is 7.21. The Balaban J connectivity index is 1.56. The third kappa shape index (κ3) is 6.26. The van der Waals surface area contributed by atoms with Gasteiger partial charge in [0.25, 0.3) is 5.91 Å². The molecule has 1 aliphatic heterocycles. The van der Waals surface area contributed by atoms with Gasteiger partial charge >= 0.3 is 0 Å². The van der Waals surface area contributed by atoms with Crippen molar-refractivity contribution in [2.75, 3.05) is 38.6 Å².